The lowest BCUT2D eigenvalue weighted by Gasteiger charge is -2.15. The summed E-state index contributed by atoms with van der Waals surface area (Å²) in [5, 5.41) is 4.09. The summed E-state index contributed by atoms with van der Waals surface area (Å²) in [5.74, 6) is 0.935. The summed E-state index contributed by atoms with van der Waals surface area (Å²) in [5.41, 5.74) is 6.71. The van der Waals surface area contributed by atoms with Gasteiger partial charge in [0.15, 0.2) is 0 Å². The van der Waals surface area contributed by atoms with E-state index in [4.69, 9.17) is 10.2 Å². The Morgan fingerprint density at radius 1 is 1.38 bits per heavy atom. The number of amides is 1. The summed E-state index contributed by atoms with van der Waals surface area (Å²) >= 11 is 0. The number of halogens is 1. The molecule has 2 aromatic rings. The van der Waals surface area contributed by atoms with Crippen molar-refractivity contribution in [2.45, 2.75) is 38.3 Å². The van der Waals surface area contributed by atoms with Crippen molar-refractivity contribution in [2.75, 3.05) is 0 Å². The Bertz CT molecular complexity index is 593. The molecule has 0 saturated heterocycles. The van der Waals surface area contributed by atoms with Crippen molar-refractivity contribution in [3.63, 3.8) is 0 Å². The Morgan fingerprint density at radius 2 is 2.14 bits per heavy atom. The Morgan fingerprint density at radius 3 is 2.81 bits per heavy atom. The van der Waals surface area contributed by atoms with Gasteiger partial charge in [-0.25, -0.2) is 0 Å². The molecule has 5 heteroatoms. The van der Waals surface area contributed by atoms with Gasteiger partial charge in [-0.3, -0.25) is 4.79 Å². The first-order valence-electron chi connectivity index (χ1n) is 7.18. The second kappa shape index (κ2) is 6.50. The molecule has 114 valence electrons. The number of hydrogen-bond acceptors (Lipinski definition) is 3. The van der Waals surface area contributed by atoms with Gasteiger partial charge in [-0.05, 0) is 38.3 Å². The zero-order valence-corrected chi connectivity index (χ0v) is 12.9. The van der Waals surface area contributed by atoms with E-state index in [0.717, 1.165) is 36.0 Å². The molecule has 1 aromatic carbocycles. The number of furan rings is 1. The normalized spacial score (nSPS) is 22.8. The predicted octanol–water partition coefficient (Wildman–Crippen LogP) is 3.16. The largest absolute Gasteiger partial charge is 0.459 e. The van der Waals surface area contributed by atoms with Crippen LogP contribution >= 0.6 is 12.4 Å². The monoisotopic (exact) mass is 308 g/mol. The van der Waals surface area contributed by atoms with Crippen molar-refractivity contribution in [3.05, 3.63) is 36.1 Å². The second-order valence-corrected chi connectivity index (χ2v) is 5.69. The molecule has 3 N–H and O–H groups in total. The number of carbonyl (C=O) groups is 1. The van der Waals surface area contributed by atoms with E-state index in [1.807, 2.05) is 37.3 Å². The molecule has 0 bridgehead atoms. The lowest BCUT2D eigenvalue weighted by Crippen LogP contribution is -2.32. The number of nitrogens with two attached hydrogens (primary N) is 1. The van der Waals surface area contributed by atoms with E-state index < -0.39 is 0 Å². The van der Waals surface area contributed by atoms with Gasteiger partial charge in [0.2, 0.25) is 5.91 Å². The number of para-hydroxylation sites is 1. The first kappa shape index (κ1) is 15.9. The Labute approximate surface area is 130 Å². The minimum absolute atomic E-state index is 0. The topological polar surface area (TPSA) is 68.3 Å². The average Bonchev–Trinajstić information content (AvgIpc) is 3.04. The SMILES string of the molecule is CC(NC(=O)C1CCC(N)C1)c1cc2ccccc2o1.Cl. The van der Waals surface area contributed by atoms with Gasteiger partial charge in [-0.15, -0.1) is 12.4 Å². The van der Waals surface area contributed by atoms with Gasteiger partial charge in [0.05, 0.1) is 6.04 Å². The molecule has 1 saturated carbocycles. The molecule has 0 radical (unpaired) electrons. The molecule has 3 rings (SSSR count). The van der Waals surface area contributed by atoms with Gasteiger partial charge in [0, 0.05) is 17.3 Å². The van der Waals surface area contributed by atoms with E-state index in [1.165, 1.54) is 0 Å². The zero-order chi connectivity index (χ0) is 14.1. The highest BCUT2D eigenvalue weighted by atomic mass is 35.5. The van der Waals surface area contributed by atoms with Crippen LogP contribution in [0.2, 0.25) is 0 Å². The highest BCUT2D eigenvalue weighted by Crippen LogP contribution is 2.27. The Kier molecular flexibility index (Phi) is 4.91. The molecule has 1 amide bonds. The van der Waals surface area contributed by atoms with Crippen molar-refractivity contribution in [1.82, 2.24) is 5.32 Å². The molecule has 0 spiro atoms. The third kappa shape index (κ3) is 3.39. The zero-order valence-electron chi connectivity index (χ0n) is 12.0. The highest BCUT2D eigenvalue weighted by molar-refractivity contribution is 5.85. The summed E-state index contributed by atoms with van der Waals surface area (Å²) in [6, 6.07) is 9.90. The predicted molar refractivity (Wildman–Crippen MR) is 85.3 cm³/mol. The van der Waals surface area contributed by atoms with Crippen LogP contribution in [0.15, 0.2) is 34.7 Å². The first-order valence-corrected chi connectivity index (χ1v) is 7.18. The van der Waals surface area contributed by atoms with Crippen molar-refractivity contribution in [3.8, 4) is 0 Å². The minimum Gasteiger partial charge on any atom is -0.459 e. The van der Waals surface area contributed by atoms with Gasteiger partial charge in [0.25, 0.3) is 0 Å². The summed E-state index contributed by atoms with van der Waals surface area (Å²) < 4.78 is 5.78. The summed E-state index contributed by atoms with van der Waals surface area (Å²) in [4.78, 5) is 12.2. The van der Waals surface area contributed by atoms with Crippen LogP contribution in [-0.2, 0) is 4.79 Å². The molecule has 1 fully saturated rings. The average molecular weight is 309 g/mol. The summed E-state index contributed by atoms with van der Waals surface area (Å²) in [7, 11) is 0. The number of nitrogens with one attached hydrogen (secondary N) is 1. The summed E-state index contributed by atoms with van der Waals surface area (Å²) in [6.45, 7) is 1.95. The lowest BCUT2D eigenvalue weighted by molar-refractivity contribution is -0.125. The van der Waals surface area contributed by atoms with Crippen LogP contribution < -0.4 is 11.1 Å². The third-order valence-electron chi connectivity index (χ3n) is 4.07. The number of fused-ring (bicyclic) bond motifs is 1. The first-order chi connectivity index (χ1) is 9.63. The fraction of sp³-hybridized carbons (Fsp3) is 0.438. The van der Waals surface area contributed by atoms with Gasteiger partial charge >= 0.3 is 0 Å². The molecule has 21 heavy (non-hydrogen) atoms. The number of rotatable bonds is 3. The van der Waals surface area contributed by atoms with E-state index in [2.05, 4.69) is 5.32 Å². The maximum absolute atomic E-state index is 12.2. The molecule has 3 atom stereocenters. The highest BCUT2D eigenvalue weighted by Gasteiger charge is 2.28. The van der Waals surface area contributed by atoms with Gasteiger partial charge < -0.3 is 15.5 Å². The van der Waals surface area contributed by atoms with Gasteiger partial charge in [-0.1, -0.05) is 18.2 Å². The standard InChI is InChI=1S/C16H20N2O2.ClH/c1-10(18-16(19)12-6-7-13(17)8-12)15-9-11-4-2-3-5-14(11)20-15;/h2-5,9-10,12-13H,6-8,17H2,1H3,(H,18,19);1H. The quantitative estimate of drug-likeness (QED) is 0.915. The maximum Gasteiger partial charge on any atom is 0.223 e. The molecule has 1 aliphatic carbocycles. The molecule has 4 nitrogen and oxygen atoms in total. The number of benzene rings is 1. The van der Waals surface area contributed by atoms with Crippen LogP contribution in [0.5, 0.6) is 0 Å². The van der Waals surface area contributed by atoms with E-state index in [1.54, 1.807) is 0 Å². The maximum atomic E-state index is 12.2. The fourth-order valence-corrected chi connectivity index (χ4v) is 2.87. The Hall–Kier alpha value is -1.52. The Balaban J connectivity index is 0.00000161. The molecule has 0 aliphatic heterocycles. The molecule has 3 unspecified atom stereocenters. The molecule has 1 heterocycles. The molecule has 1 aliphatic rings. The fourth-order valence-electron chi connectivity index (χ4n) is 2.87. The number of hydrogen-bond donors (Lipinski definition) is 2. The van der Waals surface area contributed by atoms with Gasteiger partial charge in [0.1, 0.15) is 11.3 Å². The van der Waals surface area contributed by atoms with Crippen LogP contribution in [0.3, 0.4) is 0 Å². The molecular formula is C16H21ClN2O2. The minimum atomic E-state index is -0.119. The summed E-state index contributed by atoms with van der Waals surface area (Å²) in [6.07, 6.45) is 2.62. The van der Waals surface area contributed by atoms with Crippen LogP contribution in [0.1, 0.15) is 38.0 Å². The third-order valence-corrected chi connectivity index (χ3v) is 4.07. The molecule has 1 aromatic heterocycles. The van der Waals surface area contributed by atoms with Crippen LogP contribution in [0, 0.1) is 5.92 Å². The van der Waals surface area contributed by atoms with Crippen LogP contribution in [0.4, 0.5) is 0 Å². The van der Waals surface area contributed by atoms with Crippen LogP contribution in [-0.4, -0.2) is 11.9 Å². The van der Waals surface area contributed by atoms with Crippen molar-refractivity contribution < 1.29 is 9.21 Å². The smallest absolute Gasteiger partial charge is 0.223 e. The molecular weight excluding hydrogens is 288 g/mol. The second-order valence-electron chi connectivity index (χ2n) is 5.69. The lowest BCUT2D eigenvalue weighted by atomic mass is 10.1. The van der Waals surface area contributed by atoms with E-state index in [-0.39, 0.29) is 36.3 Å². The van der Waals surface area contributed by atoms with Gasteiger partial charge in [-0.2, -0.15) is 0 Å². The number of carbonyl (C=O) groups excluding carboxylic acids is 1. The van der Waals surface area contributed by atoms with Crippen LogP contribution in [0.25, 0.3) is 11.0 Å². The van der Waals surface area contributed by atoms with E-state index in [9.17, 15) is 4.79 Å². The van der Waals surface area contributed by atoms with E-state index in [0.29, 0.717) is 0 Å². The van der Waals surface area contributed by atoms with Crippen molar-refractivity contribution >= 4 is 29.3 Å². The van der Waals surface area contributed by atoms with Crippen molar-refractivity contribution in [2.24, 2.45) is 11.7 Å². The van der Waals surface area contributed by atoms with Crippen molar-refractivity contribution in [1.29, 1.82) is 0 Å². The van der Waals surface area contributed by atoms with E-state index >= 15 is 0 Å².